The van der Waals surface area contributed by atoms with Gasteiger partial charge in [0.25, 0.3) is 0 Å². The topological polar surface area (TPSA) is 211 Å². The number of nitrogens with zero attached hydrogens (tertiary/aromatic N) is 6. The van der Waals surface area contributed by atoms with E-state index in [2.05, 4.69) is 45.0 Å². The number of thiophene rings is 1. The van der Waals surface area contributed by atoms with Gasteiger partial charge in [0.2, 0.25) is 23.6 Å². The number of aliphatic imine (C=N–C) groups is 1. The van der Waals surface area contributed by atoms with Crippen LogP contribution in [0.2, 0.25) is 5.02 Å². The second kappa shape index (κ2) is 24.3. The summed E-state index contributed by atoms with van der Waals surface area (Å²) in [6, 6.07) is 20.2. The van der Waals surface area contributed by atoms with Gasteiger partial charge in [-0.15, -0.1) is 32.9 Å². The molecule has 3 aromatic carbocycles. The fourth-order valence-electron chi connectivity index (χ4n) is 8.81. The van der Waals surface area contributed by atoms with Crippen LogP contribution in [-0.2, 0) is 35.2 Å². The van der Waals surface area contributed by atoms with Gasteiger partial charge in [-0.3, -0.25) is 28.7 Å². The van der Waals surface area contributed by atoms with Crippen LogP contribution in [0.4, 0.5) is 5.69 Å². The Morgan fingerprint density at radius 2 is 1.59 bits per heavy atom. The summed E-state index contributed by atoms with van der Waals surface area (Å²) in [5.41, 5.74) is 8.41. The predicted octanol–water partition coefficient (Wildman–Crippen LogP) is 7.95. The Morgan fingerprint density at radius 3 is 2.30 bits per heavy atom. The predicted molar refractivity (Wildman–Crippen MR) is 286 cm³/mol. The van der Waals surface area contributed by atoms with Gasteiger partial charge < -0.3 is 40.2 Å². The number of aliphatic hydroxyl groups excluding tert-OH is 1. The van der Waals surface area contributed by atoms with Gasteiger partial charge in [0.15, 0.2) is 5.82 Å². The van der Waals surface area contributed by atoms with Gasteiger partial charge in [-0.25, -0.2) is 4.98 Å². The third-order valence-corrected chi connectivity index (χ3v) is 15.3. The maximum Gasteiger partial charge on any atom is 0.246 e. The molecule has 3 aromatic heterocycles. The van der Waals surface area contributed by atoms with Crippen molar-refractivity contribution >= 4 is 69.3 Å². The Labute approximate surface area is 443 Å². The molecule has 0 radical (unpaired) electrons. The number of rotatable bonds is 21. The minimum Gasteiger partial charge on any atom is -0.494 e. The summed E-state index contributed by atoms with van der Waals surface area (Å²) >= 11 is 9.45. The number of ether oxygens (including phenoxy) is 3. The van der Waals surface area contributed by atoms with Crippen LogP contribution in [0.5, 0.6) is 5.75 Å². The van der Waals surface area contributed by atoms with E-state index in [1.165, 1.54) is 4.90 Å². The van der Waals surface area contributed by atoms with Crippen molar-refractivity contribution in [2.24, 2.45) is 10.4 Å². The number of aliphatic hydroxyl groups is 1. The molecule has 74 heavy (non-hydrogen) atoms. The van der Waals surface area contributed by atoms with E-state index < -0.39 is 41.5 Å². The Hall–Kier alpha value is -6.35. The third kappa shape index (κ3) is 13.3. The first kappa shape index (κ1) is 53.9. The number of hydrogen-bond donors (Lipinski definition) is 4. The molecule has 390 valence electrons. The van der Waals surface area contributed by atoms with E-state index in [1.54, 1.807) is 53.3 Å². The van der Waals surface area contributed by atoms with Crippen molar-refractivity contribution in [3.05, 3.63) is 128 Å². The highest BCUT2D eigenvalue weighted by Crippen LogP contribution is 2.39. The first-order valence-electron chi connectivity index (χ1n) is 24.6. The lowest BCUT2D eigenvalue weighted by molar-refractivity contribution is -0.144. The highest BCUT2D eigenvalue weighted by atomic mass is 35.5. The molecule has 6 aromatic rings. The highest BCUT2D eigenvalue weighted by molar-refractivity contribution is 7.15. The molecular formula is C54H62ClN9O8S2. The lowest BCUT2D eigenvalue weighted by Gasteiger charge is -2.35. The van der Waals surface area contributed by atoms with E-state index in [0.717, 1.165) is 54.0 Å². The Balaban J connectivity index is 0.717. The fourth-order valence-corrected chi connectivity index (χ4v) is 10.9. The van der Waals surface area contributed by atoms with E-state index in [0.29, 0.717) is 54.9 Å². The number of aryl methyl sites for hydroxylation is 2. The Kier molecular flexibility index (Phi) is 17.7. The van der Waals surface area contributed by atoms with Gasteiger partial charge >= 0.3 is 0 Å². The number of halogens is 1. The van der Waals surface area contributed by atoms with E-state index in [9.17, 15) is 24.3 Å². The second-order valence-corrected chi connectivity index (χ2v) is 22.0. The van der Waals surface area contributed by atoms with Gasteiger partial charge in [-0.1, -0.05) is 68.8 Å². The number of thiazole rings is 1. The molecule has 8 rings (SSSR count). The molecule has 2 aliphatic heterocycles. The minimum atomic E-state index is -0.963. The average molecular weight is 1060 g/mol. The van der Waals surface area contributed by atoms with Gasteiger partial charge in [-0.2, -0.15) is 0 Å². The summed E-state index contributed by atoms with van der Waals surface area (Å²) in [5.74, 6) is -0.266. The maximum absolute atomic E-state index is 14.0. The zero-order valence-electron chi connectivity index (χ0n) is 42.4. The molecule has 0 aliphatic carbocycles. The molecule has 5 heterocycles. The molecule has 4 atom stereocenters. The molecular weight excluding hydrogens is 1000 g/mol. The van der Waals surface area contributed by atoms with Crippen molar-refractivity contribution in [2.75, 3.05) is 44.9 Å². The molecule has 0 saturated carbocycles. The van der Waals surface area contributed by atoms with Crippen molar-refractivity contribution in [2.45, 2.75) is 98.0 Å². The SMILES string of the molecule is Cc1ncsc1-c1ccc(CNC(=O)[C@@H]2C[C@@H](O)CN2C(=O)[C@@H](NC(=O)COCCCOCCCOc2ccc(NC(=O)C[C@@H]3N=C(c4ccc(Cl)cc4)c4c(sc(C)c4C)-n4cnnc43)cc2)C(C)(C)C)cc1. The zero-order valence-corrected chi connectivity index (χ0v) is 44.7. The number of carbonyl (C=O) groups is 4. The molecule has 0 unspecified atom stereocenters. The maximum atomic E-state index is 14.0. The van der Waals surface area contributed by atoms with E-state index in [-0.39, 0.29) is 51.0 Å². The molecule has 2 aliphatic rings. The summed E-state index contributed by atoms with van der Waals surface area (Å²) in [4.78, 5) is 67.1. The van der Waals surface area contributed by atoms with Crippen LogP contribution in [0.3, 0.4) is 0 Å². The molecule has 0 spiro atoms. The van der Waals surface area contributed by atoms with Crippen LogP contribution in [0.1, 0.15) is 91.1 Å². The number of benzene rings is 3. The van der Waals surface area contributed by atoms with E-state index in [1.807, 2.05) is 86.3 Å². The quantitative estimate of drug-likeness (QED) is 0.0508. The van der Waals surface area contributed by atoms with Gasteiger partial charge in [0.1, 0.15) is 41.8 Å². The monoisotopic (exact) mass is 1060 g/mol. The Bertz CT molecular complexity index is 2950. The van der Waals surface area contributed by atoms with Crippen molar-refractivity contribution in [3.8, 4) is 21.2 Å². The van der Waals surface area contributed by atoms with Crippen LogP contribution < -0.4 is 20.7 Å². The average Bonchev–Trinajstić information content (AvgIpc) is 4.18. The summed E-state index contributed by atoms with van der Waals surface area (Å²) < 4.78 is 19.2. The number of amides is 4. The third-order valence-electron chi connectivity index (χ3n) is 12.8. The number of carbonyl (C=O) groups excluding carboxylic acids is 4. The minimum absolute atomic E-state index is 0.0175. The smallest absolute Gasteiger partial charge is 0.246 e. The zero-order chi connectivity index (χ0) is 52.5. The molecule has 1 saturated heterocycles. The Morgan fingerprint density at radius 1 is 0.892 bits per heavy atom. The summed E-state index contributed by atoms with van der Waals surface area (Å²) in [7, 11) is 0. The number of anilines is 1. The number of fused-ring (bicyclic) bond motifs is 3. The molecule has 17 nitrogen and oxygen atoms in total. The van der Waals surface area contributed by atoms with Crippen LogP contribution in [0, 0.1) is 26.2 Å². The number of nitrogens with one attached hydrogen (secondary N) is 3. The van der Waals surface area contributed by atoms with Crippen LogP contribution in [-0.4, -0.2) is 117 Å². The van der Waals surface area contributed by atoms with Gasteiger partial charge in [0.05, 0.1) is 40.9 Å². The van der Waals surface area contributed by atoms with Gasteiger partial charge in [0, 0.05) is 72.5 Å². The largest absolute Gasteiger partial charge is 0.494 e. The van der Waals surface area contributed by atoms with Gasteiger partial charge in [-0.05, 0) is 85.7 Å². The number of likely N-dealkylation sites (tertiary alicyclic amines) is 1. The van der Waals surface area contributed by atoms with Crippen LogP contribution in [0.25, 0.3) is 15.4 Å². The summed E-state index contributed by atoms with van der Waals surface area (Å²) in [6.45, 7) is 13.2. The lowest BCUT2D eigenvalue weighted by Crippen LogP contribution is -2.58. The van der Waals surface area contributed by atoms with Crippen LogP contribution in [0.15, 0.2) is 89.6 Å². The summed E-state index contributed by atoms with van der Waals surface area (Å²) in [5, 5.41) is 29.5. The van der Waals surface area contributed by atoms with E-state index >= 15 is 0 Å². The van der Waals surface area contributed by atoms with Crippen molar-refractivity contribution in [3.63, 3.8) is 0 Å². The van der Waals surface area contributed by atoms with Crippen molar-refractivity contribution in [1.29, 1.82) is 0 Å². The fraction of sp³-hybridized carbons (Fsp3) is 0.407. The molecule has 4 N–H and O–H groups in total. The molecule has 1 fully saturated rings. The standard InChI is InChI=1S/C54H62ClN9O8S2/c1-32-34(3)74-53-46(32)47(36-13-15-38(55)16-14-36)60-42(50-62-58-30-64(50)53)26-44(66)59-39-17-19-41(20-18-39)72-24-8-22-70-21-7-23-71-29-45(67)61-49(54(4,5)6)52(69)63-28-40(65)25-43(63)51(68)56-27-35-9-11-37(12-10-35)48-33(2)57-31-73-48/h9-20,30-31,40,42-43,49,65H,7-8,21-29H2,1-6H3,(H,56,68)(H,59,66)(H,61,67)/t40-,42+,43+,49-/m1/s1. The lowest BCUT2D eigenvalue weighted by atomic mass is 9.85. The van der Waals surface area contributed by atoms with Crippen molar-refractivity contribution in [1.82, 2.24) is 35.3 Å². The number of aromatic nitrogens is 4. The first-order chi connectivity index (χ1) is 35.5. The molecule has 0 bridgehead atoms. The second-order valence-electron chi connectivity index (χ2n) is 19.5. The summed E-state index contributed by atoms with van der Waals surface area (Å²) in [6.07, 6.45) is 2.13. The van der Waals surface area contributed by atoms with E-state index in [4.69, 9.17) is 30.8 Å². The number of β-amino-alcohol motifs (C(OH)–C–C–N with tert-alkyl or cyclic N) is 1. The number of hydrogen-bond acceptors (Lipinski definition) is 14. The van der Waals surface area contributed by atoms with Crippen LogP contribution >= 0.6 is 34.3 Å². The van der Waals surface area contributed by atoms with Crippen molar-refractivity contribution < 1.29 is 38.5 Å². The highest BCUT2D eigenvalue weighted by Gasteiger charge is 2.44. The first-order valence-corrected chi connectivity index (χ1v) is 26.7. The normalized spacial score (nSPS) is 16.7. The molecule has 4 amide bonds. The molecule has 20 heteroatoms.